The van der Waals surface area contributed by atoms with Crippen molar-refractivity contribution in [2.75, 3.05) is 47.4 Å². The lowest BCUT2D eigenvalue weighted by atomic mass is 9.52. The number of carbonyl (C=O) groups is 5. The van der Waals surface area contributed by atoms with Crippen LogP contribution in [-0.4, -0.2) is 108 Å². The Bertz CT molecular complexity index is 1620. The summed E-state index contributed by atoms with van der Waals surface area (Å²) in [6.45, 7) is 4.35. The van der Waals surface area contributed by atoms with Gasteiger partial charge in [0.15, 0.2) is 34.7 Å². The monoisotopic (exact) mass is 618 g/mol. The van der Waals surface area contributed by atoms with Crippen molar-refractivity contribution in [3.05, 3.63) is 47.0 Å². The highest BCUT2D eigenvalue weighted by atomic mass is 16.5. The number of piperazine rings is 1. The number of methoxy groups -OCH3 is 1. The van der Waals surface area contributed by atoms with Crippen LogP contribution >= 0.6 is 0 Å². The van der Waals surface area contributed by atoms with Crippen LogP contribution in [0, 0.1) is 23.7 Å². The number of carbonyl (C=O) groups excluding carboxylic acids is 5. The fraction of sp³-hybridized carbons (Fsp3) is 0.485. The molecule has 0 spiro atoms. The van der Waals surface area contributed by atoms with E-state index in [0.29, 0.717) is 16.9 Å². The van der Waals surface area contributed by atoms with E-state index in [4.69, 9.17) is 10.5 Å². The summed E-state index contributed by atoms with van der Waals surface area (Å²) in [6.07, 6.45) is 0.153. The van der Waals surface area contributed by atoms with E-state index in [9.17, 15) is 34.2 Å². The van der Waals surface area contributed by atoms with Gasteiger partial charge in [-0.05, 0) is 67.7 Å². The van der Waals surface area contributed by atoms with E-state index >= 15 is 0 Å². The smallest absolute Gasteiger partial charge is 0.235 e. The van der Waals surface area contributed by atoms with Crippen LogP contribution in [0.25, 0.3) is 11.1 Å². The van der Waals surface area contributed by atoms with Crippen LogP contribution in [0.3, 0.4) is 0 Å². The zero-order chi connectivity index (χ0) is 32.4. The van der Waals surface area contributed by atoms with Gasteiger partial charge in [0.25, 0.3) is 0 Å². The van der Waals surface area contributed by atoms with Crippen LogP contribution in [0.15, 0.2) is 30.3 Å². The summed E-state index contributed by atoms with van der Waals surface area (Å²) in [5.41, 5.74) is 5.56. The Morgan fingerprint density at radius 3 is 2.44 bits per heavy atom. The zero-order valence-electron chi connectivity index (χ0n) is 25.5. The second-order valence-electron chi connectivity index (χ2n) is 12.8. The zero-order valence-corrected chi connectivity index (χ0v) is 25.5. The topological polar surface area (TPSA) is 180 Å². The first-order valence-corrected chi connectivity index (χ1v) is 15.2. The van der Waals surface area contributed by atoms with Crippen molar-refractivity contribution in [3.8, 4) is 22.6 Å². The van der Waals surface area contributed by atoms with Gasteiger partial charge < -0.3 is 26.0 Å². The Labute approximate surface area is 260 Å². The molecule has 6 rings (SSSR count). The lowest BCUT2D eigenvalue weighted by molar-refractivity contribution is -0.181. The largest absolute Gasteiger partial charge is 0.507 e. The third-order valence-corrected chi connectivity index (χ3v) is 10.1. The van der Waals surface area contributed by atoms with Crippen LogP contribution < -0.4 is 15.8 Å². The van der Waals surface area contributed by atoms with E-state index in [1.807, 2.05) is 18.2 Å². The van der Waals surface area contributed by atoms with Crippen LogP contribution in [-0.2, 0) is 32.1 Å². The van der Waals surface area contributed by atoms with Gasteiger partial charge in [-0.3, -0.25) is 33.8 Å². The van der Waals surface area contributed by atoms with Crippen molar-refractivity contribution in [2.24, 2.45) is 29.4 Å². The molecule has 12 heteroatoms. The van der Waals surface area contributed by atoms with Gasteiger partial charge in [-0.15, -0.1) is 0 Å². The number of phenols is 1. The number of fused-ring (bicyclic) bond motifs is 3. The Hall–Kier alpha value is -3.97. The molecule has 1 aliphatic heterocycles. The molecule has 0 radical (unpaired) electrons. The minimum atomic E-state index is -2.76. The van der Waals surface area contributed by atoms with Gasteiger partial charge >= 0.3 is 0 Å². The number of Topliss-reactive ketones (excluding diaryl/α,β-unsaturated/α-hetero) is 4. The normalized spacial score (nSPS) is 30.1. The summed E-state index contributed by atoms with van der Waals surface area (Å²) < 4.78 is 5.72. The molecule has 3 aliphatic carbocycles. The maximum Gasteiger partial charge on any atom is 0.235 e. The van der Waals surface area contributed by atoms with Crippen molar-refractivity contribution >= 4 is 29.0 Å². The number of ether oxygens (including phenoxy) is 1. The average molecular weight is 619 g/mol. The van der Waals surface area contributed by atoms with E-state index in [1.54, 1.807) is 27.3 Å². The Kier molecular flexibility index (Phi) is 7.88. The van der Waals surface area contributed by atoms with Gasteiger partial charge in [0.05, 0.1) is 24.6 Å². The first kappa shape index (κ1) is 31.0. The maximum absolute atomic E-state index is 14.2. The van der Waals surface area contributed by atoms with Crippen molar-refractivity contribution in [3.63, 3.8) is 0 Å². The molecule has 2 unspecified atom stereocenters. The number of nitrogens with two attached hydrogens (primary N) is 1. The quantitative estimate of drug-likeness (QED) is 0.319. The third kappa shape index (κ3) is 4.78. The summed E-state index contributed by atoms with van der Waals surface area (Å²) in [6, 6.07) is 7.85. The lowest BCUT2D eigenvalue weighted by Gasteiger charge is -2.52. The number of aromatic hydroxyl groups is 1. The molecular weight excluding hydrogens is 580 g/mol. The molecule has 1 saturated heterocycles. The molecule has 6 atom stereocenters. The first-order valence-electron chi connectivity index (χ1n) is 15.2. The molecule has 2 aromatic rings. The summed E-state index contributed by atoms with van der Waals surface area (Å²) in [5, 5.41) is 26.1. The fourth-order valence-electron chi connectivity index (χ4n) is 8.05. The highest BCUT2D eigenvalue weighted by molar-refractivity contribution is 6.32. The molecule has 0 bridgehead atoms. The summed E-state index contributed by atoms with van der Waals surface area (Å²) in [7, 11) is 4.68. The molecule has 1 heterocycles. The van der Waals surface area contributed by atoms with Crippen LogP contribution in [0.1, 0.15) is 27.9 Å². The number of hydrogen-bond acceptors (Lipinski definition) is 11. The van der Waals surface area contributed by atoms with E-state index in [2.05, 4.69) is 10.2 Å². The van der Waals surface area contributed by atoms with Gasteiger partial charge in [-0.2, -0.15) is 0 Å². The number of amides is 1. The third-order valence-electron chi connectivity index (χ3n) is 10.1. The highest BCUT2D eigenvalue weighted by Crippen LogP contribution is 2.52. The SMILES string of the molecule is COc1ccc(CN2CCNCC2)cc1-c1ccc(O)c2c1C[C@H]1C[C@H]3[C@H](N(C)C)C(=O)C(C(N)=O)C(=O)[C@@]3(O)C(=O)C1C2=O. The number of nitrogens with one attached hydrogen (secondary N) is 1. The van der Waals surface area contributed by atoms with Crippen LogP contribution in [0.2, 0.25) is 0 Å². The number of aliphatic hydroxyl groups is 1. The number of nitrogens with zero attached hydrogens (tertiary/aromatic N) is 2. The number of phenolic OH excluding ortho intramolecular Hbond substituents is 1. The summed E-state index contributed by atoms with van der Waals surface area (Å²) in [5.74, 6) is -10.2. The van der Waals surface area contributed by atoms with Gasteiger partial charge in [-0.25, -0.2) is 0 Å². The van der Waals surface area contributed by atoms with Gasteiger partial charge in [0.1, 0.15) is 11.5 Å². The number of rotatable bonds is 6. The second kappa shape index (κ2) is 11.4. The molecule has 4 aliphatic rings. The van der Waals surface area contributed by atoms with Crippen molar-refractivity contribution in [1.29, 1.82) is 0 Å². The molecule has 12 nitrogen and oxygen atoms in total. The van der Waals surface area contributed by atoms with E-state index in [1.165, 1.54) is 11.0 Å². The molecule has 0 aromatic heterocycles. The first-order chi connectivity index (χ1) is 21.4. The summed E-state index contributed by atoms with van der Waals surface area (Å²) >= 11 is 0. The number of benzene rings is 2. The molecular formula is C33H38N4O8. The molecule has 45 heavy (non-hydrogen) atoms. The van der Waals surface area contributed by atoms with Crippen molar-refractivity contribution < 1.29 is 38.9 Å². The minimum Gasteiger partial charge on any atom is -0.507 e. The Balaban J connectivity index is 1.44. The molecule has 2 aromatic carbocycles. The van der Waals surface area contributed by atoms with E-state index < -0.39 is 64.4 Å². The number of hydrogen-bond donors (Lipinski definition) is 4. The van der Waals surface area contributed by atoms with E-state index in [0.717, 1.165) is 43.9 Å². The van der Waals surface area contributed by atoms with Gasteiger partial charge in [0, 0.05) is 44.2 Å². The minimum absolute atomic E-state index is 0.0147. The van der Waals surface area contributed by atoms with Crippen molar-refractivity contribution in [2.45, 2.75) is 31.0 Å². The van der Waals surface area contributed by atoms with Gasteiger partial charge in [-0.1, -0.05) is 12.1 Å². The number of primary amides is 1. The lowest BCUT2D eigenvalue weighted by Crippen LogP contribution is -2.74. The number of likely N-dealkylation sites (N-methyl/N-ethyl adjacent to an activating group) is 1. The average Bonchev–Trinajstić information content (AvgIpc) is 2.99. The second-order valence-corrected chi connectivity index (χ2v) is 12.8. The Morgan fingerprint density at radius 2 is 1.80 bits per heavy atom. The predicted molar refractivity (Wildman–Crippen MR) is 161 cm³/mol. The fourth-order valence-corrected chi connectivity index (χ4v) is 8.05. The van der Waals surface area contributed by atoms with Gasteiger partial charge in [0.2, 0.25) is 5.91 Å². The Morgan fingerprint density at radius 1 is 1.09 bits per heavy atom. The molecule has 3 fully saturated rings. The molecule has 238 valence electrons. The molecule has 2 saturated carbocycles. The van der Waals surface area contributed by atoms with Crippen molar-refractivity contribution in [1.82, 2.24) is 15.1 Å². The molecule has 1 amide bonds. The molecule has 5 N–H and O–H groups in total. The van der Waals surface area contributed by atoms with Crippen LogP contribution in [0.4, 0.5) is 0 Å². The summed E-state index contributed by atoms with van der Waals surface area (Å²) in [4.78, 5) is 71.1. The maximum atomic E-state index is 14.2. The number of ketones is 4. The standard InChI is InChI=1S/C33H38N4O8/c1-36(2)27-21-14-17-13-20-18(19-12-16(4-7-23(19)45-3)15-37-10-8-35-9-11-37)5-6-22(38)25(20)28(39)24(17)30(41)33(21,44)31(42)26(29(27)40)32(34)43/h4-7,12,17,21,24,26-27,35,38,44H,8-11,13-15H2,1-3H3,(H2,34,43)/t17-,21-,24?,26?,27-,33-/m0/s1. The van der Waals surface area contributed by atoms with E-state index in [-0.39, 0.29) is 24.2 Å². The predicted octanol–water partition coefficient (Wildman–Crippen LogP) is -0.0522. The highest BCUT2D eigenvalue weighted by Gasteiger charge is 2.69. The van der Waals surface area contributed by atoms with Crippen LogP contribution in [0.5, 0.6) is 11.5 Å².